The minimum Gasteiger partial charge on any atom is -0.266 e. The van der Waals surface area contributed by atoms with Gasteiger partial charge in [-0.1, -0.05) is 59.9 Å². The van der Waals surface area contributed by atoms with Crippen LogP contribution in [0.25, 0.3) is 40.1 Å². The zero-order valence-electron chi connectivity index (χ0n) is 20.0. The molecule has 0 atom stereocenters. The molecule has 6 aromatic rings. The van der Waals surface area contributed by atoms with Gasteiger partial charge in [0.25, 0.3) is 5.56 Å². The Morgan fingerprint density at radius 3 is 2.45 bits per heavy atom. The summed E-state index contributed by atoms with van der Waals surface area (Å²) in [6.45, 7) is 1.70. The van der Waals surface area contributed by atoms with Gasteiger partial charge in [-0.05, 0) is 60.5 Å². The average Bonchev–Trinajstić information content (AvgIpc) is 3.61. The Balaban J connectivity index is 1.42. The van der Waals surface area contributed by atoms with E-state index >= 15 is 0 Å². The van der Waals surface area contributed by atoms with E-state index in [1.807, 2.05) is 42.6 Å². The molecule has 3 aromatic heterocycles. The van der Waals surface area contributed by atoms with Crippen LogP contribution < -0.4 is 10.1 Å². The van der Waals surface area contributed by atoms with Crippen molar-refractivity contribution in [1.82, 2.24) is 24.4 Å². The fourth-order valence-electron chi connectivity index (χ4n) is 3.98. The number of halogens is 2. The monoisotopic (exact) mass is 523 g/mol. The molecule has 186 valence electrons. The van der Waals surface area contributed by atoms with E-state index < -0.39 is 0 Å². The first kappa shape index (κ1) is 23.6. The van der Waals surface area contributed by atoms with E-state index in [1.165, 1.54) is 34.1 Å². The molecule has 0 saturated carbocycles. The lowest BCUT2D eigenvalue weighted by Gasteiger charge is -2.02. The summed E-state index contributed by atoms with van der Waals surface area (Å²) in [5.74, 6) is -0.267. The molecule has 0 aliphatic carbocycles. The van der Waals surface area contributed by atoms with Crippen LogP contribution in [0.2, 0.25) is 0 Å². The van der Waals surface area contributed by atoms with E-state index in [2.05, 4.69) is 10.1 Å². The maximum absolute atomic E-state index is 14.4. The van der Waals surface area contributed by atoms with Gasteiger partial charge in [-0.15, -0.1) is 5.10 Å². The minimum absolute atomic E-state index is 0.312. The van der Waals surface area contributed by atoms with E-state index in [0.717, 1.165) is 11.3 Å². The topological polar surface area (TPSA) is 65.1 Å². The maximum atomic E-state index is 14.4. The van der Waals surface area contributed by atoms with E-state index in [1.54, 1.807) is 48.0 Å². The van der Waals surface area contributed by atoms with Crippen molar-refractivity contribution in [3.8, 4) is 16.9 Å². The molecule has 3 aromatic carbocycles. The quantitative estimate of drug-likeness (QED) is 0.307. The summed E-state index contributed by atoms with van der Waals surface area (Å²) < 4.78 is 30.9. The molecule has 6 rings (SSSR count). The third-order valence-corrected chi connectivity index (χ3v) is 6.95. The zero-order chi connectivity index (χ0) is 26.2. The van der Waals surface area contributed by atoms with Crippen molar-refractivity contribution in [3.63, 3.8) is 0 Å². The number of fused-ring (bicyclic) bond motifs is 1. The van der Waals surface area contributed by atoms with Crippen LogP contribution in [0, 0.1) is 18.6 Å². The largest absolute Gasteiger partial charge is 0.291 e. The first-order chi connectivity index (χ1) is 18.4. The summed E-state index contributed by atoms with van der Waals surface area (Å²) in [5.41, 5.74) is 3.67. The molecule has 3 heterocycles. The van der Waals surface area contributed by atoms with Gasteiger partial charge in [0.15, 0.2) is 5.82 Å². The van der Waals surface area contributed by atoms with Crippen LogP contribution in [0.3, 0.4) is 0 Å². The molecule has 9 heteroatoms. The lowest BCUT2D eigenvalue weighted by atomic mass is 10.1. The SMILES string of the molecule is Cc1ccc(-c2nn(-c3ccccc3)cc2/C=c2\sc3nc(/C=C/c4ccc(F)cc4)nn3c2=O)cc1F. The van der Waals surface area contributed by atoms with Crippen molar-refractivity contribution in [3.05, 3.63) is 128 Å². The van der Waals surface area contributed by atoms with Crippen molar-refractivity contribution < 1.29 is 8.78 Å². The minimum atomic E-state index is -0.327. The van der Waals surface area contributed by atoms with Gasteiger partial charge in [-0.25, -0.2) is 13.5 Å². The van der Waals surface area contributed by atoms with E-state index in [0.29, 0.717) is 37.7 Å². The highest BCUT2D eigenvalue weighted by molar-refractivity contribution is 7.15. The van der Waals surface area contributed by atoms with Crippen LogP contribution in [-0.4, -0.2) is 24.4 Å². The fourth-order valence-corrected chi connectivity index (χ4v) is 4.88. The van der Waals surface area contributed by atoms with Crippen molar-refractivity contribution >= 4 is 34.5 Å². The van der Waals surface area contributed by atoms with Gasteiger partial charge in [0.2, 0.25) is 4.96 Å². The predicted molar refractivity (Wildman–Crippen MR) is 145 cm³/mol. The van der Waals surface area contributed by atoms with Crippen LogP contribution in [0.1, 0.15) is 22.5 Å². The first-order valence-electron chi connectivity index (χ1n) is 11.7. The van der Waals surface area contributed by atoms with Gasteiger partial charge in [0.1, 0.15) is 17.3 Å². The van der Waals surface area contributed by atoms with Crippen molar-refractivity contribution in [2.24, 2.45) is 0 Å². The van der Waals surface area contributed by atoms with Crippen LogP contribution in [0.15, 0.2) is 83.8 Å². The second-order valence-electron chi connectivity index (χ2n) is 8.64. The normalized spacial score (nSPS) is 12.2. The Morgan fingerprint density at radius 2 is 1.71 bits per heavy atom. The lowest BCUT2D eigenvalue weighted by Crippen LogP contribution is -2.23. The number of nitrogens with zero attached hydrogens (tertiary/aromatic N) is 5. The Kier molecular flexibility index (Phi) is 5.97. The summed E-state index contributed by atoms with van der Waals surface area (Å²) in [5, 5.41) is 9.03. The highest BCUT2D eigenvalue weighted by Gasteiger charge is 2.15. The summed E-state index contributed by atoms with van der Waals surface area (Å²) in [7, 11) is 0. The van der Waals surface area contributed by atoms with Crippen LogP contribution >= 0.6 is 11.3 Å². The standard InChI is InChI=1S/C29H19F2N5OS/c1-18-7-11-20(15-24(18)31)27-21(17-35(34-27)23-5-3-2-4-6-23)16-25-28(37)36-29(38-25)32-26(33-36)14-10-19-8-12-22(30)13-9-19/h2-17H,1H3/b14-10+,25-16-. The van der Waals surface area contributed by atoms with Gasteiger partial charge >= 0.3 is 0 Å². The van der Waals surface area contributed by atoms with Crippen LogP contribution in [-0.2, 0) is 0 Å². The summed E-state index contributed by atoms with van der Waals surface area (Å²) in [6.07, 6.45) is 6.97. The molecule has 6 nitrogen and oxygen atoms in total. The van der Waals surface area contributed by atoms with Crippen molar-refractivity contribution in [2.75, 3.05) is 0 Å². The van der Waals surface area contributed by atoms with Gasteiger partial charge < -0.3 is 0 Å². The Labute approximate surface area is 219 Å². The summed E-state index contributed by atoms with van der Waals surface area (Å²) in [4.78, 5) is 18.1. The van der Waals surface area contributed by atoms with Gasteiger partial charge in [-0.2, -0.15) is 14.6 Å². The first-order valence-corrected chi connectivity index (χ1v) is 12.5. The van der Waals surface area contributed by atoms with Crippen molar-refractivity contribution in [2.45, 2.75) is 6.92 Å². The van der Waals surface area contributed by atoms with E-state index in [-0.39, 0.29) is 17.2 Å². The smallest absolute Gasteiger partial charge is 0.266 e. The molecule has 38 heavy (non-hydrogen) atoms. The molecule has 0 fully saturated rings. The second-order valence-corrected chi connectivity index (χ2v) is 9.65. The number of para-hydroxylation sites is 1. The maximum Gasteiger partial charge on any atom is 0.291 e. The highest BCUT2D eigenvalue weighted by atomic mass is 32.1. The zero-order valence-corrected chi connectivity index (χ0v) is 20.9. The number of aromatic nitrogens is 5. The molecule has 0 aliphatic rings. The van der Waals surface area contributed by atoms with Gasteiger partial charge in [0, 0.05) is 17.3 Å². The second kappa shape index (κ2) is 9.60. The van der Waals surface area contributed by atoms with Gasteiger partial charge in [0.05, 0.1) is 10.2 Å². The third-order valence-electron chi connectivity index (χ3n) is 5.99. The fraction of sp³-hybridized carbons (Fsp3) is 0.0345. The van der Waals surface area contributed by atoms with Crippen LogP contribution in [0.5, 0.6) is 0 Å². The van der Waals surface area contributed by atoms with Crippen LogP contribution in [0.4, 0.5) is 8.78 Å². The van der Waals surface area contributed by atoms with E-state index in [9.17, 15) is 13.6 Å². The third kappa shape index (κ3) is 4.55. The Morgan fingerprint density at radius 1 is 0.921 bits per heavy atom. The predicted octanol–water partition coefficient (Wildman–Crippen LogP) is 5.31. The Hall–Kier alpha value is -4.76. The molecule has 0 radical (unpaired) electrons. The molecule has 0 aliphatic heterocycles. The lowest BCUT2D eigenvalue weighted by molar-refractivity contribution is 0.619. The number of aryl methyl sites for hydroxylation is 1. The number of rotatable bonds is 5. The molecule has 0 spiro atoms. The highest BCUT2D eigenvalue weighted by Crippen LogP contribution is 2.26. The number of hydrogen-bond donors (Lipinski definition) is 0. The number of thiazole rings is 1. The molecule has 0 bridgehead atoms. The van der Waals surface area contributed by atoms with Gasteiger partial charge in [-0.3, -0.25) is 4.79 Å². The molecule has 0 unspecified atom stereocenters. The average molecular weight is 524 g/mol. The number of benzene rings is 3. The summed E-state index contributed by atoms with van der Waals surface area (Å²) >= 11 is 1.20. The number of hydrogen-bond acceptors (Lipinski definition) is 5. The van der Waals surface area contributed by atoms with E-state index in [4.69, 9.17) is 5.10 Å². The Bertz CT molecular complexity index is 1920. The van der Waals surface area contributed by atoms with Crippen molar-refractivity contribution in [1.29, 1.82) is 0 Å². The molecule has 0 amide bonds. The molecule has 0 N–H and O–H groups in total. The molecular weight excluding hydrogens is 504 g/mol. The molecular formula is C29H19F2N5OS. The molecule has 0 saturated heterocycles. The summed E-state index contributed by atoms with van der Waals surface area (Å²) in [6, 6.07) is 20.6.